The number of amides is 2. The molecule has 1 atom stereocenters. The summed E-state index contributed by atoms with van der Waals surface area (Å²) in [4.78, 5) is 26.6. The Kier molecular flexibility index (Phi) is 7.81. The van der Waals surface area contributed by atoms with E-state index in [0.717, 1.165) is 42.2 Å². The van der Waals surface area contributed by atoms with Crippen LogP contribution in [0.2, 0.25) is 0 Å². The zero-order chi connectivity index (χ0) is 21.8. The number of hydrogen-bond donors (Lipinski definition) is 0. The van der Waals surface area contributed by atoms with Gasteiger partial charge in [-0.05, 0) is 100 Å². The van der Waals surface area contributed by atoms with Gasteiger partial charge in [-0.3, -0.25) is 14.5 Å². The summed E-state index contributed by atoms with van der Waals surface area (Å²) >= 11 is 5.37. The molecule has 5 nitrogen and oxygen atoms in total. The minimum Gasteiger partial charge on any atom is -0.487 e. The van der Waals surface area contributed by atoms with E-state index in [1.807, 2.05) is 44.2 Å². The Morgan fingerprint density at radius 3 is 2.53 bits per heavy atom. The SMILES string of the molecule is CC[C@@H](C)N1C(=O)S/C(=C/c2cc(I)c(OCc3ccccc3C#N)c(I)c2)C1=O. The Morgan fingerprint density at radius 2 is 1.90 bits per heavy atom. The number of carbonyl (C=O) groups is 2. The molecule has 2 amide bonds. The molecule has 0 spiro atoms. The van der Waals surface area contributed by atoms with Gasteiger partial charge < -0.3 is 4.74 Å². The molecule has 3 rings (SSSR count). The summed E-state index contributed by atoms with van der Waals surface area (Å²) in [6.07, 6.45) is 2.48. The summed E-state index contributed by atoms with van der Waals surface area (Å²) in [7, 11) is 0. The first-order valence-electron chi connectivity index (χ1n) is 9.22. The third-order valence-electron chi connectivity index (χ3n) is 4.68. The summed E-state index contributed by atoms with van der Waals surface area (Å²) in [6, 6.07) is 13.3. The molecule has 2 aromatic rings. The Morgan fingerprint density at radius 1 is 1.23 bits per heavy atom. The fourth-order valence-electron chi connectivity index (χ4n) is 2.90. The predicted octanol–water partition coefficient (Wildman–Crippen LogP) is 6.18. The number of hydrogen-bond acceptors (Lipinski definition) is 5. The third-order valence-corrected chi connectivity index (χ3v) is 7.17. The molecule has 1 saturated heterocycles. The van der Waals surface area contributed by atoms with Gasteiger partial charge in [-0.15, -0.1) is 0 Å². The fourth-order valence-corrected chi connectivity index (χ4v) is 5.96. The van der Waals surface area contributed by atoms with E-state index in [-0.39, 0.29) is 17.2 Å². The van der Waals surface area contributed by atoms with Crippen LogP contribution in [0.1, 0.15) is 37.0 Å². The van der Waals surface area contributed by atoms with Crippen molar-refractivity contribution in [2.75, 3.05) is 0 Å². The first-order chi connectivity index (χ1) is 14.3. The van der Waals surface area contributed by atoms with Gasteiger partial charge in [-0.25, -0.2) is 0 Å². The Hall–Kier alpha value is -1.58. The fraction of sp³-hybridized carbons (Fsp3) is 0.227. The molecular weight excluding hydrogens is 626 g/mol. The molecule has 0 bridgehead atoms. The summed E-state index contributed by atoms with van der Waals surface area (Å²) in [5, 5.41) is 9.01. The summed E-state index contributed by atoms with van der Waals surface area (Å²) in [5.41, 5.74) is 2.26. The molecule has 1 aliphatic heterocycles. The van der Waals surface area contributed by atoms with Gasteiger partial charge in [0.05, 0.1) is 23.7 Å². The van der Waals surface area contributed by atoms with Gasteiger partial charge in [0, 0.05) is 11.6 Å². The number of halogens is 2. The highest BCUT2D eigenvalue weighted by Gasteiger charge is 2.37. The number of thioether (sulfide) groups is 1. The van der Waals surface area contributed by atoms with E-state index in [4.69, 9.17) is 4.74 Å². The molecule has 1 aliphatic rings. The van der Waals surface area contributed by atoms with Crippen molar-refractivity contribution in [1.29, 1.82) is 5.26 Å². The average Bonchev–Trinajstić information content (AvgIpc) is 3.00. The minimum absolute atomic E-state index is 0.115. The zero-order valence-electron chi connectivity index (χ0n) is 16.3. The number of carbonyl (C=O) groups excluding carboxylic acids is 2. The van der Waals surface area contributed by atoms with Crippen molar-refractivity contribution in [1.82, 2.24) is 4.90 Å². The van der Waals surface area contributed by atoms with Crippen molar-refractivity contribution in [3.05, 3.63) is 65.1 Å². The Labute approximate surface area is 207 Å². The first-order valence-corrected chi connectivity index (χ1v) is 12.2. The van der Waals surface area contributed by atoms with E-state index in [2.05, 4.69) is 51.3 Å². The van der Waals surface area contributed by atoms with Gasteiger partial charge >= 0.3 is 0 Å². The maximum atomic E-state index is 12.6. The van der Waals surface area contributed by atoms with Crippen LogP contribution in [0.5, 0.6) is 5.75 Å². The molecule has 1 heterocycles. The highest BCUT2D eigenvalue weighted by atomic mass is 127. The predicted molar refractivity (Wildman–Crippen MR) is 135 cm³/mol. The van der Waals surface area contributed by atoms with Crippen LogP contribution in [0.25, 0.3) is 6.08 Å². The smallest absolute Gasteiger partial charge is 0.293 e. The van der Waals surface area contributed by atoms with Crippen LogP contribution in [-0.4, -0.2) is 22.1 Å². The van der Waals surface area contributed by atoms with Gasteiger partial charge in [0.1, 0.15) is 12.4 Å². The molecule has 0 aromatic heterocycles. The maximum absolute atomic E-state index is 12.6. The lowest BCUT2D eigenvalue weighted by Crippen LogP contribution is -2.36. The molecular formula is C22H18I2N2O3S. The van der Waals surface area contributed by atoms with E-state index in [9.17, 15) is 14.9 Å². The van der Waals surface area contributed by atoms with E-state index in [1.165, 1.54) is 4.90 Å². The number of benzene rings is 2. The van der Waals surface area contributed by atoms with Crippen LogP contribution >= 0.6 is 56.9 Å². The molecule has 0 N–H and O–H groups in total. The van der Waals surface area contributed by atoms with E-state index in [1.54, 1.807) is 12.1 Å². The number of nitriles is 1. The van der Waals surface area contributed by atoms with Crippen molar-refractivity contribution in [3.8, 4) is 11.8 Å². The van der Waals surface area contributed by atoms with Gasteiger partial charge in [0.25, 0.3) is 11.1 Å². The van der Waals surface area contributed by atoms with Crippen LogP contribution in [0, 0.1) is 18.5 Å². The third kappa shape index (κ3) is 5.00. The normalized spacial score (nSPS) is 16.1. The summed E-state index contributed by atoms with van der Waals surface area (Å²) < 4.78 is 7.78. The second-order valence-electron chi connectivity index (χ2n) is 6.68. The molecule has 30 heavy (non-hydrogen) atoms. The number of ether oxygens (including phenoxy) is 1. The lowest BCUT2D eigenvalue weighted by molar-refractivity contribution is -0.124. The number of rotatable bonds is 6. The lowest BCUT2D eigenvalue weighted by Gasteiger charge is -2.19. The summed E-state index contributed by atoms with van der Waals surface area (Å²) in [6.45, 7) is 4.13. The van der Waals surface area contributed by atoms with Gasteiger partial charge in [0.15, 0.2) is 0 Å². The van der Waals surface area contributed by atoms with E-state index >= 15 is 0 Å². The van der Waals surface area contributed by atoms with Gasteiger partial charge in [-0.2, -0.15) is 5.26 Å². The number of imide groups is 1. The molecule has 0 saturated carbocycles. The second-order valence-corrected chi connectivity index (χ2v) is 10.00. The van der Waals surface area contributed by atoms with Gasteiger partial charge in [-0.1, -0.05) is 25.1 Å². The molecule has 154 valence electrons. The van der Waals surface area contributed by atoms with Crippen LogP contribution in [0.15, 0.2) is 41.3 Å². The highest BCUT2D eigenvalue weighted by molar-refractivity contribution is 14.1. The standard InChI is InChI=1S/C22H18I2N2O3S/c1-3-13(2)26-21(27)19(30-22(26)28)10-14-8-17(23)20(18(24)9-14)29-12-16-7-5-4-6-15(16)11-25/h4-10,13H,3,12H2,1-2H3/b19-10+/t13-/m1/s1. The van der Waals surface area contributed by atoms with E-state index in [0.29, 0.717) is 17.1 Å². The molecule has 1 fully saturated rings. The average molecular weight is 644 g/mol. The van der Waals surface area contributed by atoms with E-state index < -0.39 is 0 Å². The van der Waals surface area contributed by atoms with Crippen molar-refractivity contribution < 1.29 is 14.3 Å². The minimum atomic E-state index is -0.238. The second kappa shape index (κ2) is 10.2. The quantitative estimate of drug-likeness (QED) is 0.278. The monoisotopic (exact) mass is 644 g/mol. The molecule has 2 aromatic carbocycles. The lowest BCUT2D eigenvalue weighted by atomic mass is 10.1. The molecule has 0 aliphatic carbocycles. The van der Waals surface area contributed by atoms with Crippen molar-refractivity contribution in [3.63, 3.8) is 0 Å². The van der Waals surface area contributed by atoms with Crippen molar-refractivity contribution in [2.24, 2.45) is 0 Å². The maximum Gasteiger partial charge on any atom is 0.293 e. The molecule has 0 radical (unpaired) electrons. The van der Waals surface area contributed by atoms with Crippen molar-refractivity contribution >= 4 is 74.2 Å². The van der Waals surface area contributed by atoms with Crippen LogP contribution < -0.4 is 4.74 Å². The largest absolute Gasteiger partial charge is 0.487 e. The number of nitrogens with zero attached hydrogens (tertiary/aromatic N) is 2. The highest BCUT2D eigenvalue weighted by Crippen LogP contribution is 2.36. The van der Waals surface area contributed by atoms with Crippen LogP contribution in [0.4, 0.5) is 4.79 Å². The Bertz CT molecular complexity index is 1060. The molecule has 8 heteroatoms. The zero-order valence-corrected chi connectivity index (χ0v) is 21.4. The summed E-state index contributed by atoms with van der Waals surface area (Å²) in [5.74, 6) is 0.492. The Balaban J connectivity index is 1.81. The molecule has 0 unspecified atom stereocenters. The van der Waals surface area contributed by atoms with Crippen LogP contribution in [0.3, 0.4) is 0 Å². The van der Waals surface area contributed by atoms with Gasteiger partial charge in [0.2, 0.25) is 0 Å². The van der Waals surface area contributed by atoms with Crippen molar-refractivity contribution in [2.45, 2.75) is 32.9 Å². The topological polar surface area (TPSA) is 70.4 Å². The van der Waals surface area contributed by atoms with Crippen LogP contribution in [-0.2, 0) is 11.4 Å². The first kappa shape index (κ1) is 23.1.